The van der Waals surface area contributed by atoms with Gasteiger partial charge in [0.15, 0.2) is 0 Å². The molecule has 2 aliphatic heterocycles. The van der Waals surface area contributed by atoms with Crippen LogP contribution in [-0.4, -0.2) is 27.7 Å². The van der Waals surface area contributed by atoms with Gasteiger partial charge in [-0.05, 0) is 34.4 Å². The van der Waals surface area contributed by atoms with E-state index in [1.54, 1.807) is 18.2 Å². The van der Waals surface area contributed by atoms with E-state index in [0.717, 1.165) is 36.0 Å². The van der Waals surface area contributed by atoms with Crippen molar-refractivity contribution in [2.24, 2.45) is 0 Å². The Labute approximate surface area is 161 Å². The van der Waals surface area contributed by atoms with Gasteiger partial charge in [-0.25, -0.2) is 0 Å². The van der Waals surface area contributed by atoms with Crippen molar-refractivity contribution in [1.82, 2.24) is 15.5 Å². The predicted molar refractivity (Wildman–Crippen MR) is 103 cm³/mol. The van der Waals surface area contributed by atoms with Crippen molar-refractivity contribution in [3.63, 3.8) is 0 Å². The third kappa shape index (κ3) is 3.89. The molecule has 2 aliphatic rings. The fraction of sp³-hybridized carbons (Fsp3) is 0.250. The van der Waals surface area contributed by atoms with Crippen LogP contribution in [0.3, 0.4) is 0 Å². The summed E-state index contributed by atoms with van der Waals surface area (Å²) in [6, 6.07) is 13.3. The number of carbonyl (C=O) groups is 3. The standard InChI is InChI=1S/C20H19N3O3S/c24-18-12-27-20(26)23(18)11-14-2-1-3-15(7-14)19(25)22-8-13-4-5-16-9-21-10-17(16)6-13/h1-7,21H,8-12H2,(H,22,25). The first kappa shape index (κ1) is 17.8. The van der Waals surface area contributed by atoms with Crippen molar-refractivity contribution in [2.75, 3.05) is 5.75 Å². The van der Waals surface area contributed by atoms with Gasteiger partial charge in [-0.1, -0.05) is 42.1 Å². The largest absolute Gasteiger partial charge is 0.348 e. The van der Waals surface area contributed by atoms with Crippen LogP contribution in [0, 0.1) is 0 Å². The van der Waals surface area contributed by atoms with Gasteiger partial charge in [-0.15, -0.1) is 0 Å². The van der Waals surface area contributed by atoms with E-state index in [0.29, 0.717) is 12.1 Å². The van der Waals surface area contributed by atoms with Crippen LogP contribution in [0.4, 0.5) is 4.79 Å². The summed E-state index contributed by atoms with van der Waals surface area (Å²) in [5.41, 5.74) is 4.92. The zero-order valence-electron chi connectivity index (χ0n) is 14.7. The lowest BCUT2D eigenvalue weighted by Gasteiger charge is -2.13. The number of hydrogen-bond acceptors (Lipinski definition) is 5. The topological polar surface area (TPSA) is 78.5 Å². The van der Waals surface area contributed by atoms with Gasteiger partial charge in [0.1, 0.15) is 0 Å². The minimum atomic E-state index is -0.235. The summed E-state index contributed by atoms with van der Waals surface area (Å²) in [6.07, 6.45) is 0. The third-order valence-electron chi connectivity index (χ3n) is 4.73. The molecule has 0 radical (unpaired) electrons. The highest BCUT2D eigenvalue weighted by Gasteiger charge is 2.29. The molecule has 0 atom stereocenters. The summed E-state index contributed by atoms with van der Waals surface area (Å²) >= 11 is 1.01. The molecule has 27 heavy (non-hydrogen) atoms. The molecule has 0 aromatic heterocycles. The van der Waals surface area contributed by atoms with Gasteiger partial charge in [0.25, 0.3) is 11.1 Å². The summed E-state index contributed by atoms with van der Waals surface area (Å²) in [5, 5.41) is 6.01. The maximum atomic E-state index is 12.5. The second kappa shape index (κ2) is 7.54. The molecule has 0 aliphatic carbocycles. The molecule has 6 nitrogen and oxygen atoms in total. The van der Waals surface area contributed by atoms with E-state index in [2.05, 4.69) is 22.8 Å². The molecule has 0 saturated carbocycles. The zero-order chi connectivity index (χ0) is 18.8. The lowest BCUT2D eigenvalue weighted by molar-refractivity contribution is -0.125. The zero-order valence-corrected chi connectivity index (χ0v) is 15.5. The molecule has 0 spiro atoms. The summed E-state index contributed by atoms with van der Waals surface area (Å²) in [5.74, 6) is -0.176. The first-order valence-electron chi connectivity index (χ1n) is 8.76. The van der Waals surface area contributed by atoms with Crippen LogP contribution in [0.5, 0.6) is 0 Å². The first-order chi connectivity index (χ1) is 13.1. The fourth-order valence-electron chi connectivity index (χ4n) is 3.27. The van der Waals surface area contributed by atoms with E-state index in [9.17, 15) is 14.4 Å². The van der Waals surface area contributed by atoms with Crippen LogP contribution in [0.15, 0.2) is 42.5 Å². The number of imide groups is 1. The minimum Gasteiger partial charge on any atom is -0.348 e. The lowest BCUT2D eigenvalue weighted by Crippen LogP contribution is -2.28. The van der Waals surface area contributed by atoms with E-state index in [-0.39, 0.29) is 29.4 Å². The van der Waals surface area contributed by atoms with Crippen LogP contribution in [0.1, 0.15) is 32.6 Å². The molecule has 2 heterocycles. The van der Waals surface area contributed by atoms with Gasteiger partial charge < -0.3 is 10.6 Å². The normalized spacial score (nSPS) is 15.9. The van der Waals surface area contributed by atoms with Crippen molar-refractivity contribution < 1.29 is 14.4 Å². The maximum absolute atomic E-state index is 12.5. The Morgan fingerprint density at radius 2 is 1.93 bits per heavy atom. The summed E-state index contributed by atoms with van der Waals surface area (Å²) in [6.45, 7) is 2.42. The number of carbonyl (C=O) groups excluding carboxylic acids is 3. The Morgan fingerprint density at radius 3 is 2.74 bits per heavy atom. The average Bonchev–Trinajstić information content (AvgIpc) is 3.27. The molecule has 7 heteroatoms. The number of hydrogen-bond donors (Lipinski definition) is 2. The average molecular weight is 381 g/mol. The van der Waals surface area contributed by atoms with Crippen molar-refractivity contribution in [2.45, 2.75) is 26.2 Å². The Bertz CT molecular complexity index is 912. The lowest BCUT2D eigenvalue weighted by atomic mass is 10.1. The van der Waals surface area contributed by atoms with Crippen molar-refractivity contribution in [3.05, 3.63) is 70.3 Å². The maximum Gasteiger partial charge on any atom is 0.289 e. The van der Waals surface area contributed by atoms with Crippen LogP contribution in [-0.2, 0) is 31.0 Å². The molecule has 0 bridgehead atoms. The molecule has 2 aromatic carbocycles. The predicted octanol–water partition coefficient (Wildman–Crippen LogP) is 2.42. The summed E-state index contributed by atoms with van der Waals surface area (Å²) in [4.78, 5) is 37.2. The molecule has 2 N–H and O–H groups in total. The monoisotopic (exact) mass is 381 g/mol. The van der Waals surface area contributed by atoms with Gasteiger partial charge in [0, 0.05) is 25.2 Å². The fourth-order valence-corrected chi connectivity index (χ4v) is 3.99. The van der Waals surface area contributed by atoms with Gasteiger partial charge in [-0.3, -0.25) is 19.3 Å². The molecule has 4 rings (SSSR count). The molecule has 1 fully saturated rings. The number of amides is 3. The second-order valence-electron chi connectivity index (χ2n) is 6.62. The van der Waals surface area contributed by atoms with Crippen LogP contribution in [0.25, 0.3) is 0 Å². The third-order valence-corrected chi connectivity index (χ3v) is 5.58. The number of rotatable bonds is 5. The van der Waals surface area contributed by atoms with Crippen molar-refractivity contribution in [3.8, 4) is 0 Å². The minimum absolute atomic E-state index is 0.177. The van der Waals surface area contributed by atoms with E-state index in [1.807, 2.05) is 12.1 Å². The summed E-state index contributed by atoms with van der Waals surface area (Å²) in [7, 11) is 0. The molecule has 2 aromatic rings. The Balaban J connectivity index is 1.40. The van der Waals surface area contributed by atoms with Gasteiger partial charge in [-0.2, -0.15) is 0 Å². The smallest absolute Gasteiger partial charge is 0.289 e. The number of nitrogens with zero attached hydrogens (tertiary/aromatic N) is 1. The SMILES string of the molecule is O=C(NCc1ccc2c(c1)CNC2)c1cccc(CN2C(=O)CSC2=O)c1. The Kier molecular flexibility index (Phi) is 4.96. The molecule has 1 saturated heterocycles. The molecular weight excluding hydrogens is 362 g/mol. The Hall–Kier alpha value is -2.64. The van der Waals surface area contributed by atoms with Gasteiger partial charge in [0.2, 0.25) is 5.91 Å². The highest BCUT2D eigenvalue weighted by Crippen LogP contribution is 2.21. The second-order valence-corrected chi connectivity index (χ2v) is 7.55. The van der Waals surface area contributed by atoms with E-state index >= 15 is 0 Å². The van der Waals surface area contributed by atoms with Crippen molar-refractivity contribution >= 4 is 28.8 Å². The molecule has 0 unspecified atom stereocenters. The van der Waals surface area contributed by atoms with Crippen LogP contribution < -0.4 is 10.6 Å². The molecule has 138 valence electrons. The van der Waals surface area contributed by atoms with E-state index in [4.69, 9.17) is 0 Å². The van der Waals surface area contributed by atoms with Gasteiger partial charge in [0.05, 0.1) is 12.3 Å². The Morgan fingerprint density at radius 1 is 1.07 bits per heavy atom. The highest BCUT2D eigenvalue weighted by molar-refractivity contribution is 8.14. The first-order valence-corrected chi connectivity index (χ1v) is 9.74. The highest BCUT2D eigenvalue weighted by atomic mass is 32.2. The number of fused-ring (bicyclic) bond motifs is 1. The van der Waals surface area contributed by atoms with E-state index in [1.165, 1.54) is 16.0 Å². The number of thioether (sulfide) groups is 1. The quantitative estimate of drug-likeness (QED) is 0.832. The number of benzene rings is 2. The summed E-state index contributed by atoms with van der Waals surface area (Å²) < 4.78 is 0. The van der Waals surface area contributed by atoms with Crippen LogP contribution >= 0.6 is 11.8 Å². The van der Waals surface area contributed by atoms with E-state index < -0.39 is 0 Å². The number of nitrogens with one attached hydrogen (secondary N) is 2. The molecule has 3 amide bonds. The van der Waals surface area contributed by atoms with Crippen LogP contribution in [0.2, 0.25) is 0 Å². The van der Waals surface area contributed by atoms with Gasteiger partial charge >= 0.3 is 0 Å². The van der Waals surface area contributed by atoms with Crippen molar-refractivity contribution in [1.29, 1.82) is 0 Å². The molecular formula is C20H19N3O3S.